The monoisotopic (exact) mass is 270 g/mol. The van der Waals surface area contributed by atoms with E-state index in [1.165, 1.54) is 0 Å². The van der Waals surface area contributed by atoms with Crippen LogP contribution in [-0.4, -0.2) is 25.1 Å². The van der Waals surface area contributed by atoms with Crippen LogP contribution in [-0.2, 0) is 0 Å². The van der Waals surface area contributed by atoms with Crippen molar-refractivity contribution in [1.29, 1.82) is 0 Å². The molecule has 0 aliphatic carbocycles. The van der Waals surface area contributed by atoms with Crippen LogP contribution in [0, 0.1) is 0 Å². The Morgan fingerprint density at radius 2 is 2.11 bits per heavy atom. The lowest BCUT2D eigenvalue weighted by Crippen LogP contribution is -2.42. The molecule has 0 spiro atoms. The standard InChI is InChI=1S/C14H20F2N2O/c1-10(2)19-13-8-11(4-5-12(13)17)18-7-3-6-14(15,16)9-18/h4-5,8,10H,3,6-7,9,17H2,1-2H3. The lowest BCUT2D eigenvalue weighted by atomic mass is 10.1. The van der Waals surface area contributed by atoms with Crippen molar-refractivity contribution in [2.24, 2.45) is 0 Å². The summed E-state index contributed by atoms with van der Waals surface area (Å²) >= 11 is 0. The molecule has 0 saturated carbocycles. The zero-order valence-corrected chi connectivity index (χ0v) is 11.3. The van der Waals surface area contributed by atoms with E-state index in [2.05, 4.69) is 0 Å². The minimum absolute atomic E-state index is 0.000321. The number of rotatable bonds is 3. The highest BCUT2D eigenvalue weighted by Gasteiger charge is 2.35. The molecule has 0 aromatic heterocycles. The Kier molecular flexibility index (Phi) is 3.83. The Morgan fingerprint density at radius 1 is 1.37 bits per heavy atom. The topological polar surface area (TPSA) is 38.5 Å². The summed E-state index contributed by atoms with van der Waals surface area (Å²) < 4.78 is 32.5. The Hall–Kier alpha value is -1.52. The average Bonchev–Trinajstić information content (AvgIpc) is 2.30. The molecule has 5 heteroatoms. The molecule has 1 heterocycles. The predicted molar refractivity (Wildman–Crippen MR) is 73.0 cm³/mol. The zero-order valence-electron chi connectivity index (χ0n) is 11.3. The first-order chi connectivity index (χ1) is 8.87. The Morgan fingerprint density at radius 3 is 2.74 bits per heavy atom. The van der Waals surface area contributed by atoms with Crippen LogP contribution in [0.4, 0.5) is 20.2 Å². The molecule has 2 rings (SSSR count). The van der Waals surface area contributed by atoms with Gasteiger partial charge in [0.25, 0.3) is 5.92 Å². The SMILES string of the molecule is CC(C)Oc1cc(N2CCCC(F)(F)C2)ccc1N. The smallest absolute Gasteiger partial charge is 0.265 e. The fraction of sp³-hybridized carbons (Fsp3) is 0.571. The Balaban J connectivity index is 2.20. The molecule has 1 fully saturated rings. The number of nitrogen functional groups attached to an aromatic ring is 1. The van der Waals surface area contributed by atoms with Gasteiger partial charge in [0.1, 0.15) is 5.75 Å². The molecule has 0 unspecified atom stereocenters. The molecule has 1 aromatic carbocycles. The highest BCUT2D eigenvalue weighted by Crippen LogP contribution is 2.33. The summed E-state index contributed by atoms with van der Waals surface area (Å²) in [4.78, 5) is 1.69. The zero-order chi connectivity index (χ0) is 14.0. The molecule has 1 aliphatic rings. The summed E-state index contributed by atoms with van der Waals surface area (Å²) in [5.41, 5.74) is 7.10. The van der Waals surface area contributed by atoms with Gasteiger partial charge in [0.2, 0.25) is 0 Å². The number of benzene rings is 1. The Bertz CT molecular complexity index is 449. The molecule has 1 saturated heterocycles. The van der Waals surface area contributed by atoms with Crippen LogP contribution in [0.2, 0.25) is 0 Å². The van der Waals surface area contributed by atoms with E-state index in [0.717, 1.165) is 5.69 Å². The first-order valence-electron chi connectivity index (χ1n) is 6.56. The van der Waals surface area contributed by atoms with E-state index < -0.39 is 5.92 Å². The number of ether oxygens (including phenoxy) is 1. The number of hydrogen-bond acceptors (Lipinski definition) is 3. The van der Waals surface area contributed by atoms with E-state index in [0.29, 0.717) is 24.4 Å². The van der Waals surface area contributed by atoms with Crippen LogP contribution in [0.1, 0.15) is 26.7 Å². The van der Waals surface area contributed by atoms with Gasteiger partial charge < -0.3 is 15.4 Å². The third-order valence-corrected chi connectivity index (χ3v) is 3.12. The van der Waals surface area contributed by atoms with Crippen molar-refractivity contribution < 1.29 is 13.5 Å². The van der Waals surface area contributed by atoms with Gasteiger partial charge in [-0.05, 0) is 32.4 Å². The van der Waals surface area contributed by atoms with Crippen molar-refractivity contribution in [3.63, 3.8) is 0 Å². The third kappa shape index (κ3) is 3.49. The quantitative estimate of drug-likeness (QED) is 0.856. The Labute approximate surface area is 112 Å². The number of piperidine rings is 1. The van der Waals surface area contributed by atoms with Gasteiger partial charge in [-0.15, -0.1) is 0 Å². The van der Waals surface area contributed by atoms with Crippen molar-refractivity contribution in [3.05, 3.63) is 18.2 Å². The van der Waals surface area contributed by atoms with Crippen molar-refractivity contribution in [1.82, 2.24) is 0 Å². The molecule has 0 radical (unpaired) electrons. The summed E-state index contributed by atoms with van der Waals surface area (Å²) in [5.74, 6) is -2.06. The highest BCUT2D eigenvalue weighted by molar-refractivity contribution is 5.62. The maximum absolute atomic E-state index is 13.4. The van der Waals surface area contributed by atoms with Gasteiger partial charge in [-0.25, -0.2) is 8.78 Å². The molecule has 0 bridgehead atoms. The highest BCUT2D eigenvalue weighted by atomic mass is 19.3. The molecule has 106 valence electrons. The summed E-state index contributed by atoms with van der Waals surface area (Å²) in [7, 11) is 0. The van der Waals surface area contributed by atoms with Crippen LogP contribution in [0.15, 0.2) is 18.2 Å². The lowest BCUT2D eigenvalue weighted by Gasteiger charge is -2.34. The summed E-state index contributed by atoms with van der Waals surface area (Å²) in [5, 5.41) is 0. The number of hydrogen-bond donors (Lipinski definition) is 1. The first kappa shape index (κ1) is 13.9. The van der Waals surface area contributed by atoms with Gasteiger partial charge in [-0.2, -0.15) is 0 Å². The molecular weight excluding hydrogens is 250 g/mol. The average molecular weight is 270 g/mol. The lowest BCUT2D eigenvalue weighted by molar-refractivity contribution is -0.0116. The van der Waals surface area contributed by atoms with Crippen molar-refractivity contribution in [3.8, 4) is 5.75 Å². The second-order valence-corrected chi connectivity index (χ2v) is 5.27. The fourth-order valence-corrected chi connectivity index (χ4v) is 2.26. The van der Waals surface area contributed by atoms with E-state index in [1.807, 2.05) is 13.8 Å². The minimum atomic E-state index is -2.61. The molecule has 0 atom stereocenters. The summed E-state index contributed by atoms with van der Waals surface area (Å²) in [6, 6.07) is 5.22. The van der Waals surface area contributed by atoms with E-state index in [-0.39, 0.29) is 19.1 Å². The van der Waals surface area contributed by atoms with E-state index in [1.54, 1.807) is 23.1 Å². The van der Waals surface area contributed by atoms with Crippen molar-refractivity contribution >= 4 is 11.4 Å². The van der Waals surface area contributed by atoms with Crippen LogP contribution >= 0.6 is 0 Å². The second kappa shape index (κ2) is 5.23. The van der Waals surface area contributed by atoms with Crippen LogP contribution < -0.4 is 15.4 Å². The van der Waals surface area contributed by atoms with Gasteiger partial charge in [0.05, 0.1) is 18.3 Å². The number of alkyl halides is 2. The van der Waals surface area contributed by atoms with Crippen molar-refractivity contribution in [2.45, 2.75) is 38.7 Å². The molecule has 2 N–H and O–H groups in total. The summed E-state index contributed by atoms with van der Waals surface area (Å²) in [6.07, 6.45) is 0.464. The van der Waals surface area contributed by atoms with Crippen molar-refractivity contribution in [2.75, 3.05) is 23.7 Å². The second-order valence-electron chi connectivity index (χ2n) is 5.27. The number of anilines is 2. The number of halogens is 2. The van der Waals surface area contributed by atoms with E-state index in [9.17, 15) is 8.78 Å². The maximum Gasteiger partial charge on any atom is 0.265 e. The fourth-order valence-electron chi connectivity index (χ4n) is 2.26. The van der Waals surface area contributed by atoms with Crippen LogP contribution in [0.5, 0.6) is 5.75 Å². The largest absolute Gasteiger partial charge is 0.489 e. The van der Waals surface area contributed by atoms with Gasteiger partial charge in [-0.3, -0.25) is 0 Å². The number of nitrogens with two attached hydrogens (primary N) is 1. The van der Waals surface area contributed by atoms with Crippen LogP contribution in [0.3, 0.4) is 0 Å². The van der Waals surface area contributed by atoms with Gasteiger partial charge in [0.15, 0.2) is 0 Å². The van der Waals surface area contributed by atoms with E-state index >= 15 is 0 Å². The van der Waals surface area contributed by atoms with E-state index in [4.69, 9.17) is 10.5 Å². The molecule has 0 amide bonds. The minimum Gasteiger partial charge on any atom is -0.489 e. The van der Waals surface area contributed by atoms with Gasteiger partial charge in [0, 0.05) is 24.7 Å². The molecule has 1 aliphatic heterocycles. The first-order valence-corrected chi connectivity index (χ1v) is 6.56. The number of nitrogens with zero attached hydrogens (tertiary/aromatic N) is 1. The maximum atomic E-state index is 13.4. The molecule has 1 aromatic rings. The van der Waals surface area contributed by atoms with Crippen LogP contribution in [0.25, 0.3) is 0 Å². The molecule has 3 nitrogen and oxygen atoms in total. The third-order valence-electron chi connectivity index (χ3n) is 3.12. The molecule has 19 heavy (non-hydrogen) atoms. The van der Waals surface area contributed by atoms with Gasteiger partial charge >= 0.3 is 0 Å². The molecular formula is C14H20F2N2O. The van der Waals surface area contributed by atoms with Gasteiger partial charge in [-0.1, -0.05) is 0 Å². The predicted octanol–water partition coefficient (Wildman–Crippen LogP) is 3.29. The summed E-state index contributed by atoms with van der Waals surface area (Å²) in [6.45, 7) is 4.21. The normalized spacial score (nSPS) is 18.7.